The van der Waals surface area contributed by atoms with Gasteiger partial charge in [0.05, 0.1) is 28.3 Å². The van der Waals surface area contributed by atoms with Crippen LogP contribution < -0.4 is 5.32 Å². The first-order chi connectivity index (χ1) is 15.4. The van der Waals surface area contributed by atoms with Gasteiger partial charge in [-0.25, -0.2) is 14.8 Å². The second kappa shape index (κ2) is 8.93. The molecule has 32 heavy (non-hydrogen) atoms. The van der Waals surface area contributed by atoms with Crippen LogP contribution >= 0.6 is 0 Å². The zero-order chi connectivity index (χ0) is 22.8. The van der Waals surface area contributed by atoms with Gasteiger partial charge in [-0.1, -0.05) is 18.2 Å². The number of carbonyl (C=O) groups is 1. The van der Waals surface area contributed by atoms with E-state index >= 15 is 0 Å². The smallest absolute Gasteiger partial charge is 0.337 e. The average molecular weight is 430 g/mol. The fourth-order valence-corrected chi connectivity index (χ4v) is 4.43. The number of para-hydroxylation sites is 1. The molecular formula is C25H27N5O2. The fourth-order valence-electron chi connectivity index (χ4n) is 4.43. The molecular weight excluding hydrogens is 402 g/mol. The summed E-state index contributed by atoms with van der Waals surface area (Å²) >= 11 is 0. The van der Waals surface area contributed by atoms with Crippen molar-refractivity contribution in [3.05, 3.63) is 64.5 Å². The number of benzene rings is 2. The largest absolute Gasteiger partial charge is 0.478 e. The van der Waals surface area contributed by atoms with Crippen LogP contribution in [0.15, 0.2) is 36.4 Å². The molecule has 1 saturated heterocycles. The van der Waals surface area contributed by atoms with Crippen molar-refractivity contribution < 1.29 is 9.90 Å². The van der Waals surface area contributed by atoms with E-state index in [-0.39, 0.29) is 17.5 Å². The number of aromatic nitrogens is 2. The molecule has 0 aliphatic carbocycles. The zero-order valence-electron chi connectivity index (χ0n) is 18.6. The number of hydrogen-bond acceptors (Lipinski definition) is 6. The van der Waals surface area contributed by atoms with Gasteiger partial charge in [0.15, 0.2) is 5.69 Å². The minimum Gasteiger partial charge on any atom is -0.478 e. The van der Waals surface area contributed by atoms with E-state index < -0.39 is 5.97 Å². The van der Waals surface area contributed by atoms with Crippen molar-refractivity contribution in [2.45, 2.75) is 38.6 Å². The van der Waals surface area contributed by atoms with Gasteiger partial charge >= 0.3 is 5.97 Å². The van der Waals surface area contributed by atoms with Gasteiger partial charge < -0.3 is 15.3 Å². The summed E-state index contributed by atoms with van der Waals surface area (Å²) < 4.78 is 0. The first kappa shape index (κ1) is 21.7. The number of fused-ring (bicyclic) bond motifs is 1. The lowest BCUT2D eigenvalue weighted by Crippen LogP contribution is -2.30. The topological polar surface area (TPSA) is 102 Å². The second-order valence-corrected chi connectivity index (χ2v) is 8.59. The van der Waals surface area contributed by atoms with E-state index in [4.69, 9.17) is 4.98 Å². The number of aromatic carboxylic acids is 1. The van der Waals surface area contributed by atoms with Crippen molar-refractivity contribution in [2.75, 3.05) is 25.5 Å². The summed E-state index contributed by atoms with van der Waals surface area (Å²) in [6, 6.07) is 12.9. The molecule has 2 N–H and O–H groups in total. The lowest BCUT2D eigenvalue weighted by Gasteiger charge is -2.29. The Hall–Kier alpha value is -3.50. The van der Waals surface area contributed by atoms with Crippen LogP contribution in [-0.2, 0) is 0 Å². The zero-order valence-corrected chi connectivity index (χ0v) is 18.6. The molecule has 0 saturated carbocycles. The van der Waals surface area contributed by atoms with E-state index in [1.54, 1.807) is 18.2 Å². The monoisotopic (exact) mass is 429 g/mol. The predicted octanol–water partition coefficient (Wildman–Crippen LogP) is 4.49. The van der Waals surface area contributed by atoms with Crippen molar-refractivity contribution >= 4 is 22.7 Å². The Labute approximate surface area is 187 Å². The molecule has 0 unspecified atom stereocenters. The van der Waals surface area contributed by atoms with Crippen LogP contribution in [0.5, 0.6) is 0 Å². The van der Waals surface area contributed by atoms with Crippen LogP contribution in [0.1, 0.15) is 64.6 Å². The summed E-state index contributed by atoms with van der Waals surface area (Å²) in [5.41, 5.74) is 5.35. The van der Waals surface area contributed by atoms with Gasteiger partial charge in [0, 0.05) is 17.2 Å². The maximum absolute atomic E-state index is 11.6. The third kappa shape index (κ3) is 4.27. The number of carboxylic acid groups (broad SMARTS) is 1. The fraction of sp³-hybridized carbons (Fsp3) is 0.360. The number of nitrogens with zero attached hydrogens (tertiary/aromatic N) is 4. The van der Waals surface area contributed by atoms with Crippen molar-refractivity contribution in [1.29, 1.82) is 5.26 Å². The molecule has 7 heteroatoms. The summed E-state index contributed by atoms with van der Waals surface area (Å²) in [7, 11) is 2.11. The first-order valence-electron chi connectivity index (χ1n) is 10.9. The Balaban J connectivity index is 1.78. The summed E-state index contributed by atoms with van der Waals surface area (Å²) in [6.45, 7) is 5.92. The van der Waals surface area contributed by atoms with Crippen LogP contribution in [0.2, 0.25) is 0 Å². The molecule has 2 aromatic carbocycles. The van der Waals surface area contributed by atoms with Gasteiger partial charge in [-0.15, -0.1) is 0 Å². The van der Waals surface area contributed by atoms with Crippen LogP contribution in [0.4, 0.5) is 5.69 Å². The first-order valence-corrected chi connectivity index (χ1v) is 10.9. The molecule has 164 valence electrons. The Bertz CT molecular complexity index is 1210. The third-order valence-electron chi connectivity index (χ3n) is 6.18. The molecule has 0 amide bonds. The molecule has 1 aliphatic heterocycles. The molecule has 3 aromatic rings. The van der Waals surface area contributed by atoms with Gasteiger partial charge in [0.2, 0.25) is 0 Å². The third-order valence-corrected chi connectivity index (χ3v) is 6.18. The second-order valence-electron chi connectivity index (χ2n) is 8.59. The average Bonchev–Trinajstić information content (AvgIpc) is 2.78. The Morgan fingerprint density at radius 3 is 2.66 bits per heavy atom. The molecule has 1 fully saturated rings. The number of likely N-dealkylation sites (tertiary alicyclic amines) is 1. The molecule has 0 radical (unpaired) electrons. The van der Waals surface area contributed by atoms with E-state index in [2.05, 4.69) is 34.4 Å². The molecule has 4 rings (SSSR count). The van der Waals surface area contributed by atoms with Crippen molar-refractivity contribution in [3.8, 4) is 6.07 Å². The van der Waals surface area contributed by atoms with Crippen molar-refractivity contribution in [1.82, 2.24) is 14.9 Å². The van der Waals surface area contributed by atoms with Gasteiger partial charge in [0.1, 0.15) is 6.07 Å². The number of aryl methyl sites for hydroxylation is 1. The van der Waals surface area contributed by atoms with E-state index in [1.165, 1.54) is 0 Å². The van der Waals surface area contributed by atoms with Crippen LogP contribution in [0.25, 0.3) is 11.0 Å². The van der Waals surface area contributed by atoms with Crippen LogP contribution in [0.3, 0.4) is 0 Å². The minimum absolute atomic E-state index is 0.203. The number of carboxylic acids is 1. The van der Waals surface area contributed by atoms with Crippen molar-refractivity contribution in [3.63, 3.8) is 0 Å². The summed E-state index contributed by atoms with van der Waals surface area (Å²) in [4.78, 5) is 23.6. The standard InChI is InChI=1S/C25H27N5O2/c1-15-12-19(16(2)27-20-7-5-4-6-18(20)25(31)32)24-21(13-15)28-22(14-26)23(29-24)17-8-10-30(3)11-9-17/h4-7,12-13,16-17,27H,8-11H2,1-3H3,(H,31,32)/t16-/m1/s1. The molecule has 1 aromatic heterocycles. The predicted molar refractivity (Wildman–Crippen MR) is 124 cm³/mol. The SMILES string of the molecule is Cc1cc([C@@H](C)Nc2ccccc2C(=O)O)c2nc(C3CCN(C)CC3)c(C#N)nc2c1. The molecule has 1 aliphatic rings. The normalized spacial score (nSPS) is 15.9. The minimum atomic E-state index is -0.975. The number of anilines is 1. The molecule has 1 atom stereocenters. The lowest BCUT2D eigenvalue weighted by molar-refractivity contribution is 0.0698. The van der Waals surface area contributed by atoms with E-state index in [9.17, 15) is 15.2 Å². The number of hydrogen-bond donors (Lipinski definition) is 2. The molecule has 0 spiro atoms. The number of piperidine rings is 1. The quantitative estimate of drug-likeness (QED) is 0.616. The van der Waals surface area contributed by atoms with Gasteiger partial charge in [0.25, 0.3) is 0 Å². The van der Waals surface area contributed by atoms with E-state index in [1.807, 2.05) is 26.0 Å². The molecule has 2 heterocycles. The Morgan fingerprint density at radius 1 is 1.25 bits per heavy atom. The summed E-state index contributed by atoms with van der Waals surface area (Å²) in [5.74, 6) is -0.764. The maximum atomic E-state index is 11.6. The Morgan fingerprint density at radius 2 is 1.97 bits per heavy atom. The van der Waals surface area contributed by atoms with Gasteiger partial charge in [-0.2, -0.15) is 5.26 Å². The van der Waals surface area contributed by atoms with Crippen LogP contribution in [-0.4, -0.2) is 46.1 Å². The number of nitriles is 1. The summed E-state index contributed by atoms with van der Waals surface area (Å²) in [6.07, 6.45) is 1.90. The molecule has 7 nitrogen and oxygen atoms in total. The number of nitrogens with one attached hydrogen (secondary N) is 1. The summed E-state index contributed by atoms with van der Waals surface area (Å²) in [5, 5.41) is 22.6. The highest BCUT2D eigenvalue weighted by Crippen LogP contribution is 2.32. The highest BCUT2D eigenvalue weighted by molar-refractivity contribution is 5.94. The highest BCUT2D eigenvalue weighted by atomic mass is 16.4. The van der Waals surface area contributed by atoms with Crippen molar-refractivity contribution in [2.24, 2.45) is 0 Å². The van der Waals surface area contributed by atoms with Gasteiger partial charge in [-0.05, 0) is 70.6 Å². The maximum Gasteiger partial charge on any atom is 0.337 e. The van der Waals surface area contributed by atoms with E-state index in [0.29, 0.717) is 16.9 Å². The van der Waals surface area contributed by atoms with Gasteiger partial charge in [-0.3, -0.25) is 0 Å². The Kier molecular flexibility index (Phi) is 6.06. The molecule has 0 bridgehead atoms. The van der Waals surface area contributed by atoms with E-state index in [0.717, 1.165) is 48.3 Å². The lowest BCUT2D eigenvalue weighted by atomic mass is 9.91. The highest BCUT2D eigenvalue weighted by Gasteiger charge is 2.25. The van der Waals surface area contributed by atoms with Crippen LogP contribution in [0, 0.1) is 18.3 Å². The number of rotatable bonds is 5.